The molecule has 0 radical (unpaired) electrons. The smallest absolute Gasteiger partial charge is 0.156 e. The Balaban J connectivity index is 1.65. The number of nitrogens with one attached hydrogen (secondary N) is 1. The average molecular weight is 387 g/mol. The Morgan fingerprint density at radius 1 is 1.04 bits per heavy atom. The lowest BCUT2D eigenvalue weighted by atomic mass is 10.0. The number of H-pyrrole nitrogens is 1. The van der Waals surface area contributed by atoms with Gasteiger partial charge in [0.15, 0.2) is 5.82 Å². The van der Waals surface area contributed by atoms with Crippen LogP contribution in [-0.4, -0.2) is 27.2 Å². The van der Waals surface area contributed by atoms with Crippen molar-refractivity contribution < 1.29 is 0 Å². The molecule has 0 bridgehead atoms. The van der Waals surface area contributed by atoms with Crippen molar-refractivity contribution in [3.05, 3.63) is 77.7 Å². The summed E-state index contributed by atoms with van der Waals surface area (Å²) in [5.74, 6) is 1.46. The Labute approximate surface area is 167 Å². The summed E-state index contributed by atoms with van der Waals surface area (Å²) in [5.41, 5.74) is 4.12. The van der Waals surface area contributed by atoms with Crippen LogP contribution in [0.5, 0.6) is 0 Å². The van der Waals surface area contributed by atoms with Gasteiger partial charge in [-0.25, -0.2) is 4.98 Å². The molecule has 136 valence electrons. The summed E-state index contributed by atoms with van der Waals surface area (Å²) in [4.78, 5) is 10.5. The third-order valence-electron chi connectivity index (χ3n) is 4.38. The first-order valence-corrected chi connectivity index (χ1v) is 8.89. The van der Waals surface area contributed by atoms with E-state index in [1.54, 1.807) is 30.7 Å². The Hall–Kier alpha value is -3.69. The maximum atomic E-state index is 9.01. The monoisotopic (exact) mass is 386 g/mol. The lowest BCUT2D eigenvalue weighted by Gasteiger charge is -2.16. The van der Waals surface area contributed by atoms with Crippen LogP contribution in [0.4, 0.5) is 11.6 Å². The van der Waals surface area contributed by atoms with Gasteiger partial charge in [0.1, 0.15) is 5.82 Å². The second-order valence-electron chi connectivity index (χ2n) is 6.15. The summed E-state index contributed by atoms with van der Waals surface area (Å²) in [6.45, 7) is 0. The predicted octanol–water partition coefficient (Wildman–Crippen LogP) is 4.83. The van der Waals surface area contributed by atoms with E-state index in [0.29, 0.717) is 10.6 Å². The van der Waals surface area contributed by atoms with Gasteiger partial charge in [0.25, 0.3) is 0 Å². The molecule has 6 nitrogen and oxygen atoms in total. The highest BCUT2D eigenvalue weighted by molar-refractivity contribution is 6.33. The second kappa shape index (κ2) is 7.51. The molecule has 0 amide bonds. The van der Waals surface area contributed by atoms with Crippen molar-refractivity contribution in [2.75, 3.05) is 11.9 Å². The standard InChI is InChI=1S/C21H15ClN6/c1-28(21-11-19(26-27-21)16-3-2-7-24-13-16)20-10-15(6-8-25-20)17-5-4-14(12-23)9-18(17)22/h2-11,13H,1H3,(H,26,27). The summed E-state index contributed by atoms with van der Waals surface area (Å²) in [7, 11) is 1.90. The summed E-state index contributed by atoms with van der Waals surface area (Å²) in [5, 5.41) is 16.9. The normalized spacial score (nSPS) is 10.5. The van der Waals surface area contributed by atoms with E-state index in [4.69, 9.17) is 16.9 Å². The van der Waals surface area contributed by atoms with Gasteiger partial charge in [0.05, 0.1) is 17.3 Å². The molecule has 3 aromatic heterocycles. The minimum Gasteiger partial charge on any atom is -0.313 e. The molecule has 0 unspecified atom stereocenters. The lowest BCUT2D eigenvalue weighted by molar-refractivity contribution is 1.02. The minimum absolute atomic E-state index is 0.525. The largest absolute Gasteiger partial charge is 0.313 e. The van der Waals surface area contributed by atoms with Crippen molar-refractivity contribution in [3.63, 3.8) is 0 Å². The fourth-order valence-electron chi connectivity index (χ4n) is 2.86. The van der Waals surface area contributed by atoms with Crippen LogP contribution in [0.3, 0.4) is 0 Å². The average Bonchev–Trinajstić information content (AvgIpc) is 3.24. The van der Waals surface area contributed by atoms with Gasteiger partial charge in [-0.1, -0.05) is 17.7 Å². The van der Waals surface area contributed by atoms with Gasteiger partial charge in [-0.15, -0.1) is 0 Å². The molecular formula is C21H15ClN6. The van der Waals surface area contributed by atoms with E-state index in [9.17, 15) is 0 Å². The van der Waals surface area contributed by atoms with Gasteiger partial charge in [-0.2, -0.15) is 10.4 Å². The van der Waals surface area contributed by atoms with Crippen LogP contribution < -0.4 is 4.90 Å². The van der Waals surface area contributed by atoms with Crippen molar-refractivity contribution in [2.24, 2.45) is 0 Å². The van der Waals surface area contributed by atoms with E-state index < -0.39 is 0 Å². The van der Waals surface area contributed by atoms with Crippen LogP contribution in [0, 0.1) is 11.3 Å². The fraction of sp³-hybridized carbons (Fsp3) is 0.0476. The Morgan fingerprint density at radius 3 is 2.68 bits per heavy atom. The van der Waals surface area contributed by atoms with Crippen LogP contribution in [-0.2, 0) is 0 Å². The number of benzene rings is 1. The quantitative estimate of drug-likeness (QED) is 0.543. The van der Waals surface area contributed by atoms with Crippen LogP contribution in [0.15, 0.2) is 67.1 Å². The Kier molecular flexibility index (Phi) is 4.75. The minimum atomic E-state index is 0.525. The molecule has 1 aromatic carbocycles. The van der Waals surface area contributed by atoms with E-state index in [1.807, 2.05) is 48.3 Å². The maximum Gasteiger partial charge on any atom is 0.156 e. The lowest BCUT2D eigenvalue weighted by Crippen LogP contribution is -2.11. The third-order valence-corrected chi connectivity index (χ3v) is 4.69. The highest BCUT2D eigenvalue weighted by Gasteiger charge is 2.13. The van der Waals surface area contributed by atoms with E-state index in [2.05, 4.69) is 26.2 Å². The van der Waals surface area contributed by atoms with Crippen molar-refractivity contribution in [3.8, 4) is 28.5 Å². The Morgan fingerprint density at radius 2 is 1.93 bits per heavy atom. The molecule has 0 saturated heterocycles. The number of nitrogens with zero attached hydrogens (tertiary/aromatic N) is 5. The zero-order chi connectivity index (χ0) is 19.5. The van der Waals surface area contributed by atoms with E-state index in [0.717, 1.165) is 34.0 Å². The predicted molar refractivity (Wildman–Crippen MR) is 109 cm³/mol. The van der Waals surface area contributed by atoms with Crippen LogP contribution in [0.2, 0.25) is 5.02 Å². The van der Waals surface area contributed by atoms with Gasteiger partial charge in [0.2, 0.25) is 0 Å². The fourth-order valence-corrected chi connectivity index (χ4v) is 3.15. The van der Waals surface area contributed by atoms with Gasteiger partial charge < -0.3 is 4.90 Å². The summed E-state index contributed by atoms with van der Waals surface area (Å²) < 4.78 is 0. The SMILES string of the molecule is CN(c1cc(-c2ccc(C#N)cc2Cl)ccn1)c1cc(-c2cccnc2)[nH]n1. The Bertz CT molecular complexity index is 1160. The van der Waals surface area contributed by atoms with Gasteiger partial charge in [0, 0.05) is 47.9 Å². The third kappa shape index (κ3) is 3.43. The van der Waals surface area contributed by atoms with Gasteiger partial charge in [-0.3, -0.25) is 10.1 Å². The first-order chi connectivity index (χ1) is 13.7. The molecule has 0 fully saturated rings. The zero-order valence-corrected chi connectivity index (χ0v) is 15.7. The number of aromatic amines is 1. The number of halogens is 1. The first kappa shape index (κ1) is 17.7. The van der Waals surface area contributed by atoms with Crippen molar-refractivity contribution in [1.82, 2.24) is 20.2 Å². The summed E-state index contributed by atoms with van der Waals surface area (Å²) in [6, 6.07) is 17.0. The second-order valence-corrected chi connectivity index (χ2v) is 6.56. The number of pyridine rings is 2. The van der Waals surface area contributed by atoms with Gasteiger partial charge in [-0.05, 0) is 42.0 Å². The molecule has 7 heteroatoms. The molecule has 0 aliphatic rings. The number of rotatable bonds is 4. The number of nitriles is 1. The highest BCUT2D eigenvalue weighted by Crippen LogP contribution is 2.32. The molecule has 3 heterocycles. The molecule has 4 rings (SSSR count). The van der Waals surface area contributed by atoms with Gasteiger partial charge >= 0.3 is 0 Å². The van der Waals surface area contributed by atoms with E-state index >= 15 is 0 Å². The maximum absolute atomic E-state index is 9.01. The first-order valence-electron chi connectivity index (χ1n) is 8.51. The van der Waals surface area contributed by atoms with E-state index in [1.165, 1.54) is 0 Å². The van der Waals surface area contributed by atoms with E-state index in [-0.39, 0.29) is 0 Å². The number of hydrogen-bond acceptors (Lipinski definition) is 5. The molecule has 28 heavy (non-hydrogen) atoms. The topological polar surface area (TPSA) is 81.5 Å². The molecule has 4 aromatic rings. The molecule has 0 spiro atoms. The number of anilines is 2. The molecule has 1 N–H and O–H groups in total. The van der Waals surface area contributed by atoms with Crippen LogP contribution in [0.25, 0.3) is 22.4 Å². The molecular weight excluding hydrogens is 372 g/mol. The molecule has 0 saturated carbocycles. The molecule has 0 atom stereocenters. The van der Waals surface area contributed by atoms with Crippen molar-refractivity contribution in [1.29, 1.82) is 5.26 Å². The molecule has 0 aliphatic carbocycles. The van der Waals surface area contributed by atoms with Crippen LogP contribution >= 0.6 is 11.6 Å². The van der Waals surface area contributed by atoms with Crippen LogP contribution in [0.1, 0.15) is 5.56 Å². The highest BCUT2D eigenvalue weighted by atomic mass is 35.5. The summed E-state index contributed by atoms with van der Waals surface area (Å²) >= 11 is 6.35. The summed E-state index contributed by atoms with van der Waals surface area (Å²) in [6.07, 6.45) is 5.24. The zero-order valence-electron chi connectivity index (χ0n) is 15.0. The van der Waals surface area contributed by atoms with Crippen molar-refractivity contribution >= 4 is 23.2 Å². The number of aromatic nitrogens is 4. The molecule has 0 aliphatic heterocycles. The number of hydrogen-bond donors (Lipinski definition) is 1. The van der Waals surface area contributed by atoms with Crippen molar-refractivity contribution in [2.45, 2.75) is 0 Å².